The molecule has 2 rings (SSSR count). The number of halogens is 1. The molecular formula is C16H10ClNO. The van der Waals surface area contributed by atoms with Gasteiger partial charge in [0.1, 0.15) is 11.6 Å². The number of rotatable bonds is 3. The SMILES string of the molecule is N#C/C(=C\c1ccc(Cl)cc1)C(=O)c1ccccc1. The van der Waals surface area contributed by atoms with E-state index in [1.165, 1.54) is 0 Å². The Morgan fingerprint density at radius 1 is 1.05 bits per heavy atom. The fourth-order valence-corrected chi connectivity index (χ4v) is 1.75. The molecule has 0 radical (unpaired) electrons. The second kappa shape index (κ2) is 5.99. The van der Waals surface area contributed by atoms with Gasteiger partial charge in [0.05, 0.1) is 0 Å². The van der Waals surface area contributed by atoms with Gasteiger partial charge in [-0.2, -0.15) is 5.26 Å². The number of carbonyl (C=O) groups excluding carboxylic acids is 1. The van der Waals surface area contributed by atoms with E-state index in [0.717, 1.165) is 5.56 Å². The van der Waals surface area contributed by atoms with Crippen molar-refractivity contribution in [3.63, 3.8) is 0 Å². The van der Waals surface area contributed by atoms with Crippen LogP contribution in [0.15, 0.2) is 60.2 Å². The summed E-state index contributed by atoms with van der Waals surface area (Å²) in [5, 5.41) is 9.72. The van der Waals surface area contributed by atoms with Crippen molar-refractivity contribution in [1.29, 1.82) is 5.26 Å². The molecule has 0 N–H and O–H groups in total. The number of allylic oxidation sites excluding steroid dienone is 1. The minimum absolute atomic E-state index is 0.105. The molecule has 3 heteroatoms. The van der Waals surface area contributed by atoms with Gasteiger partial charge < -0.3 is 0 Å². The van der Waals surface area contributed by atoms with Gasteiger partial charge in [-0.15, -0.1) is 0 Å². The van der Waals surface area contributed by atoms with E-state index in [9.17, 15) is 4.79 Å². The molecule has 0 spiro atoms. The van der Waals surface area contributed by atoms with Gasteiger partial charge in [0.15, 0.2) is 0 Å². The molecule has 0 atom stereocenters. The minimum Gasteiger partial charge on any atom is -0.288 e. The highest BCUT2D eigenvalue weighted by atomic mass is 35.5. The summed E-state index contributed by atoms with van der Waals surface area (Å²) in [6.45, 7) is 0. The van der Waals surface area contributed by atoms with E-state index >= 15 is 0 Å². The average Bonchev–Trinajstić information content (AvgIpc) is 2.47. The number of hydrogen-bond donors (Lipinski definition) is 0. The van der Waals surface area contributed by atoms with Crippen LogP contribution in [0, 0.1) is 11.3 Å². The summed E-state index contributed by atoms with van der Waals surface area (Å²) in [5.74, 6) is -0.280. The molecule has 0 bridgehead atoms. The molecule has 0 saturated heterocycles. The lowest BCUT2D eigenvalue weighted by molar-refractivity contribution is 0.104. The maximum absolute atomic E-state index is 12.1. The zero-order valence-corrected chi connectivity index (χ0v) is 10.8. The van der Waals surface area contributed by atoms with E-state index < -0.39 is 0 Å². The van der Waals surface area contributed by atoms with E-state index in [-0.39, 0.29) is 11.4 Å². The predicted molar refractivity (Wildman–Crippen MR) is 75.8 cm³/mol. The van der Waals surface area contributed by atoms with Crippen LogP contribution in [0.3, 0.4) is 0 Å². The normalized spacial score (nSPS) is 10.8. The van der Waals surface area contributed by atoms with Crippen LogP contribution in [0.25, 0.3) is 6.08 Å². The Labute approximate surface area is 116 Å². The van der Waals surface area contributed by atoms with Gasteiger partial charge in [-0.3, -0.25) is 4.79 Å². The maximum atomic E-state index is 12.1. The number of nitrogens with zero attached hydrogens (tertiary/aromatic N) is 1. The van der Waals surface area contributed by atoms with Crippen molar-refractivity contribution in [1.82, 2.24) is 0 Å². The van der Waals surface area contributed by atoms with E-state index in [4.69, 9.17) is 16.9 Å². The summed E-state index contributed by atoms with van der Waals surface area (Å²) >= 11 is 5.79. The lowest BCUT2D eigenvalue weighted by atomic mass is 10.0. The molecule has 0 fully saturated rings. The first-order valence-electron chi connectivity index (χ1n) is 5.68. The van der Waals surface area contributed by atoms with Crippen molar-refractivity contribution in [3.8, 4) is 6.07 Å². The molecule has 2 nitrogen and oxygen atoms in total. The molecule has 0 aliphatic rings. The van der Waals surface area contributed by atoms with Crippen molar-refractivity contribution in [3.05, 3.63) is 76.3 Å². The topological polar surface area (TPSA) is 40.9 Å². The molecule has 0 amide bonds. The largest absolute Gasteiger partial charge is 0.288 e. The quantitative estimate of drug-likeness (QED) is 0.477. The standard InChI is InChI=1S/C16H10ClNO/c17-15-8-6-12(7-9-15)10-14(11-18)16(19)13-4-2-1-3-5-13/h1-10H/b14-10+. The molecule has 2 aromatic rings. The smallest absolute Gasteiger partial charge is 0.203 e. The number of nitriles is 1. The van der Waals surface area contributed by atoms with Crippen LogP contribution >= 0.6 is 11.6 Å². The highest BCUT2D eigenvalue weighted by molar-refractivity contribution is 6.30. The zero-order valence-electron chi connectivity index (χ0n) is 10.0. The average molecular weight is 268 g/mol. The molecule has 0 unspecified atom stereocenters. The van der Waals surface area contributed by atoms with E-state index in [0.29, 0.717) is 10.6 Å². The van der Waals surface area contributed by atoms with Crippen LogP contribution in [-0.2, 0) is 0 Å². The van der Waals surface area contributed by atoms with Crippen LogP contribution in [-0.4, -0.2) is 5.78 Å². The Hall–Kier alpha value is -2.37. The Morgan fingerprint density at radius 2 is 1.68 bits per heavy atom. The Kier molecular flexibility index (Phi) is 4.12. The molecule has 0 heterocycles. The van der Waals surface area contributed by atoms with Crippen LogP contribution in [0.1, 0.15) is 15.9 Å². The second-order valence-corrected chi connectivity index (χ2v) is 4.35. The van der Waals surface area contributed by atoms with Gasteiger partial charge >= 0.3 is 0 Å². The second-order valence-electron chi connectivity index (χ2n) is 3.92. The summed E-state index contributed by atoms with van der Waals surface area (Å²) < 4.78 is 0. The van der Waals surface area contributed by atoms with Crippen molar-refractivity contribution < 1.29 is 4.79 Å². The zero-order chi connectivity index (χ0) is 13.7. The van der Waals surface area contributed by atoms with Gasteiger partial charge in [-0.25, -0.2) is 0 Å². The predicted octanol–water partition coefficient (Wildman–Crippen LogP) is 4.13. The van der Waals surface area contributed by atoms with Crippen molar-refractivity contribution in [2.75, 3.05) is 0 Å². The molecule has 0 aliphatic carbocycles. The highest BCUT2D eigenvalue weighted by Gasteiger charge is 2.11. The molecule has 0 aromatic heterocycles. The fraction of sp³-hybridized carbons (Fsp3) is 0. The number of benzene rings is 2. The molecule has 0 aliphatic heterocycles. The first-order chi connectivity index (χ1) is 9.20. The molecule has 0 saturated carbocycles. The minimum atomic E-state index is -0.280. The molecular weight excluding hydrogens is 258 g/mol. The third kappa shape index (κ3) is 3.31. The van der Waals surface area contributed by atoms with Gasteiger partial charge in [0.25, 0.3) is 0 Å². The van der Waals surface area contributed by atoms with Gasteiger partial charge in [0, 0.05) is 10.6 Å². The number of Topliss-reactive ketones (excluding diaryl/α,β-unsaturated/α-hetero) is 1. The van der Waals surface area contributed by atoms with Crippen molar-refractivity contribution in [2.24, 2.45) is 0 Å². The lowest BCUT2D eigenvalue weighted by Gasteiger charge is -1.99. The summed E-state index contributed by atoms with van der Waals surface area (Å²) in [6.07, 6.45) is 1.56. The first-order valence-corrected chi connectivity index (χ1v) is 6.05. The summed E-state index contributed by atoms with van der Waals surface area (Å²) in [7, 11) is 0. The number of ketones is 1. The Balaban J connectivity index is 2.33. The van der Waals surface area contributed by atoms with Gasteiger partial charge in [-0.1, -0.05) is 54.1 Å². The van der Waals surface area contributed by atoms with E-state index in [1.54, 1.807) is 54.6 Å². The van der Waals surface area contributed by atoms with E-state index in [2.05, 4.69) is 0 Å². The Bertz CT molecular complexity index is 651. The summed E-state index contributed by atoms with van der Waals surface area (Å²) in [5.41, 5.74) is 1.38. The van der Waals surface area contributed by atoms with Crippen LogP contribution in [0.2, 0.25) is 5.02 Å². The first kappa shape index (κ1) is 13.1. The molecule has 2 aromatic carbocycles. The number of hydrogen-bond acceptors (Lipinski definition) is 2. The number of carbonyl (C=O) groups is 1. The van der Waals surface area contributed by atoms with Crippen LogP contribution in [0.4, 0.5) is 0 Å². The van der Waals surface area contributed by atoms with Crippen LogP contribution in [0.5, 0.6) is 0 Å². The van der Waals surface area contributed by atoms with E-state index in [1.807, 2.05) is 12.1 Å². The third-order valence-electron chi connectivity index (χ3n) is 2.58. The molecule has 19 heavy (non-hydrogen) atoms. The summed E-state index contributed by atoms with van der Waals surface area (Å²) in [4.78, 5) is 12.1. The van der Waals surface area contributed by atoms with Crippen LogP contribution < -0.4 is 0 Å². The Morgan fingerprint density at radius 3 is 2.26 bits per heavy atom. The van der Waals surface area contributed by atoms with Gasteiger partial charge in [-0.05, 0) is 23.8 Å². The maximum Gasteiger partial charge on any atom is 0.203 e. The highest BCUT2D eigenvalue weighted by Crippen LogP contribution is 2.15. The van der Waals surface area contributed by atoms with Gasteiger partial charge in [0.2, 0.25) is 5.78 Å². The fourth-order valence-electron chi connectivity index (χ4n) is 1.62. The van der Waals surface area contributed by atoms with Crippen molar-refractivity contribution in [2.45, 2.75) is 0 Å². The van der Waals surface area contributed by atoms with Crippen molar-refractivity contribution >= 4 is 23.5 Å². The molecule has 92 valence electrons. The third-order valence-corrected chi connectivity index (χ3v) is 2.83. The monoisotopic (exact) mass is 267 g/mol. The lowest BCUT2D eigenvalue weighted by Crippen LogP contribution is -2.01. The summed E-state index contributed by atoms with van der Waals surface area (Å²) in [6, 6.07) is 17.6.